The first-order valence-electron chi connectivity index (χ1n) is 9.22. The zero-order chi connectivity index (χ0) is 19.2. The standard InChI is InChI=1S/C21H24FN3O2/c1-23-20(26)17-13-15(11-12-18(17)22)24-21(27)25-19-10-6-5-9-16(19)14-7-3-2-4-8-14/h2-4,7-8,11-13,16,19H,5-6,9-10H2,1H3,(H,23,26)(H2,24,25,27)/t16-,19+/m0/s1. The lowest BCUT2D eigenvalue weighted by Gasteiger charge is -2.32. The molecule has 0 radical (unpaired) electrons. The highest BCUT2D eigenvalue weighted by molar-refractivity contribution is 5.97. The Morgan fingerprint density at radius 3 is 2.52 bits per heavy atom. The molecule has 5 nitrogen and oxygen atoms in total. The van der Waals surface area contributed by atoms with Crippen molar-refractivity contribution < 1.29 is 14.0 Å². The van der Waals surface area contributed by atoms with E-state index in [0.29, 0.717) is 5.69 Å². The monoisotopic (exact) mass is 369 g/mol. The first-order valence-corrected chi connectivity index (χ1v) is 9.22. The number of hydrogen-bond donors (Lipinski definition) is 3. The summed E-state index contributed by atoms with van der Waals surface area (Å²) in [5, 5.41) is 8.14. The number of halogens is 1. The maximum atomic E-state index is 13.8. The second-order valence-electron chi connectivity index (χ2n) is 6.78. The fraction of sp³-hybridized carbons (Fsp3) is 0.333. The Balaban J connectivity index is 1.68. The fourth-order valence-electron chi connectivity index (χ4n) is 3.65. The number of amides is 3. The Kier molecular flexibility index (Phi) is 6.06. The number of benzene rings is 2. The summed E-state index contributed by atoms with van der Waals surface area (Å²) in [7, 11) is 1.43. The summed E-state index contributed by atoms with van der Waals surface area (Å²) in [6.45, 7) is 0. The molecule has 0 spiro atoms. The van der Waals surface area contributed by atoms with Crippen LogP contribution in [-0.2, 0) is 0 Å². The van der Waals surface area contributed by atoms with Crippen molar-refractivity contribution in [2.45, 2.75) is 37.6 Å². The summed E-state index contributed by atoms with van der Waals surface area (Å²) in [5.74, 6) is -0.884. The van der Waals surface area contributed by atoms with E-state index in [1.807, 2.05) is 18.2 Å². The Morgan fingerprint density at radius 2 is 1.78 bits per heavy atom. The topological polar surface area (TPSA) is 70.2 Å². The summed E-state index contributed by atoms with van der Waals surface area (Å²) in [6, 6.07) is 13.8. The molecule has 0 saturated heterocycles. The molecule has 1 aliphatic carbocycles. The Morgan fingerprint density at radius 1 is 1.04 bits per heavy atom. The molecule has 0 bridgehead atoms. The number of carbonyl (C=O) groups excluding carboxylic acids is 2. The molecule has 1 saturated carbocycles. The van der Waals surface area contributed by atoms with E-state index in [2.05, 4.69) is 28.1 Å². The van der Waals surface area contributed by atoms with Crippen LogP contribution in [0.5, 0.6) is 0 Å². The third kappa shape index (κ3) is 4.64. The van der Waals surface area contributed by atoms with Crippen molar-refractivity contribution in [3.8, 4) is 0 Å². The average molecular weight is 369 g/mol. The van der Waals surface area contributed by atoms with Crippen molar-refractivity contribution in [2.75, 3.05) is 12.4 Å². The number of anilines is 1. The van der Waals surface area contributed by atoms with Gasteiger partial charge in [-0.1, -0.05) is 43.2 Å². The number of urea groups is 1. The quantitative estimate of drug-likeness (QED) is 0.761. The highest BCUT2D eigenvalue weighted by Gasteiger charge is 2.27. The van der Waals surface area contributed by atoms with Crippen LogP contribution in [-0.4, -0.2) is 25.0 Å². The van der Waals surface area contributed by atoms with E-state index >= 15 is 0 Å². The Hall–Kier alpha value is -2.89. The number of rotatable bonds is 4. The van der Waals surface area contributed by atoms with Crippen LogP contribution < -0.4 is 16.0 Å². The molecule has 0 unspecified atom stereocenters. The highest BCUT2D eigenvalue weighted by atomic mass is 19.1. The lowest BCUT2D eigenvalue weighted by molar-refractivity contribution is 0.0959. The van der Waals surface area contributed by atoms with Crippen LogP contribution in [0.1, 0.15) is 47.5 Å². The lowest BCUT2D eigenvalue weighted by Crippen LogP contribution is -2.43. The molecule has 0 aliphatic heterocycles. The maximum Gasteiger partial charge on any atom is 0.319 e. The maximum absolute atomic E-state index is 13.8. The van der Waals surface area contributed by atoms with Gasteiger partial charge >= 0.3 is 6.03 Å². The molecule has 3 N–H and O–H groups in total. The Bertz CT molecular complexity index is 810. The number of nitrogens with one attached hydrogen (secondary N) is 3. The smallest absolute Gasteiger partial charge is 0.319 e. The Labute approximate surface area is 158 Å². The second kappa shape index (κ2) is 8.66. The summed E-state index contributed by atoms with van der Waals surface area (Å²) in [5.41, 5.74) is 1.50. The molecule has 142 valence electrons. The van der Waals surface area contributed by atoms with Crippen LogP contribution in [0.2, 0.25) is 0 Å². The van der Waals surface area contributed by atoms with Gasteiger partial charge < -0.3 is 16.0 Å². The molecule has 2 aromatic rings. The second-order valence-corrected chi connectivity index (χ2v) is 6.78. The minimum atomic E-state index is -0.628. The third-order valence-corrected chi connectivity index (χ3v) is 5.01. The summed E-state index contributed by atoms with van der Waals surface area (Å²) < 4.78 is 13.8. The van der Waals surface area contributed by atoms with Gasteiger partial charge in [0.05, 0.1) is 5.56 Å². The first kappa shape index (κ1) is 18.9. The van der Waals surface area contributed by atoms with Crippen LogP contribution in [0, 0.1) is 5.82 Å². The van der Waals surface area contributed by atoms with Crippen molar-refractivity contribution >= 4 is 17.6 Å². The van der Waals surface area contributed by atoms with Crippen LogP contribution >= 0.6 is 0 Å². The van der Waals surface area contributed by atoms with Gasteiger partial charge in [-0.25, -0.2) is 9.18 Å². The van der Waals surface area contributed by atoms with Gasteiger partial charge in [0.2, 0.25) is 0 Å². The van der Waals surface area contributed by atoms with Crippen molar-refractivity contribution in [3.63, 3.8) is 0 Å². The molecule has 0 heterocycles. The molecule has 1 fully saturated rings. The largest absolute Gasteiger partial charge is 0.355 e. The summed E-state index contributed by atoms with van der Waals surface area (Å²) in [4.78, 5) is 24.2. The van der Waals surface area contributed by atoms with Crippen molar-refractivity contribution in [3.05, 3.63) is 65.5 Å². The molecule has 3 rings (SSSR count). The predicted octanol–water partition coefficient (Wildman–Crippen LogP) is 4.03. The SMILES string of the molecule is CNC(=O)c1cc(NC(=O)N[C@@H]2CCCC[C@H]2c2ccccc2)ccc1F. The van der Waals surface area contributed by atoms with Crippen molar-refractivity contribution in [2.24, 2.45) is 0 Å². The van der Waals surface area contributed by atoms with Crippen LogP contribution in [0.15, 0.2) is 48.5 Å². The molecular formula is C21H24FN3O2. The van der Waals surface area contributed by atoms with Crippen molar-refractivity contribution in [1.82, 2.24) is 10.6 Å². The molecular weight excluding hydrogens is 345 g/mol. The van der Waals surface area contributed by atoms with Gasteiger partial charge in [-0.05, 0) is 36.6 Å². The van der Waals surface area contributed by atoms with Crippen molar-refractivity contribution in [1.29, 1.82) is 0 Å². The van der Waals surface area contributed by atoms with E-state index in [1.165, 1.54) is 30.8 Å². The molecule has 0 aromatic heterocycles. The fourth-order valence-corrected chi connectivity index (χ4v) is 3.65. The van der Waals surface area contributed by atoms with E-state index in [9.17, 15) is 14.0 Å². The van der Waals surface area contributed by atoms with Gasteiger partial charge in [-0.3, -0.25) is 4.79 Å². The minimum absolute atomic E-state index is 0.0417. The predicted molar refractivity (Wildman–Crippen MR) is 103 cm³/mol. The number of hydrogen-bond acceptors (Lipinski definition) is 2. The molecule has 3 amide bonds. The van der Waals surface area contributed by atoms with Crippen LogP contribution in [0.4, 0.5) is 14.9 Å². The summed E-state index contributed by atoms with van der Waals surface area (Å²) >= 11 is 0. The third-order valence-electron chi connectivity index (χ3n) is 5.01. The van der Waals surface area contributed by atoms with E-state index in [4.69, 9.17) is 0 Å². The van der Waals surface area contributed by atoms with Gasteiger partial charge in [0.15, 0.2) is 0 Å². The van der Waals surface area contributed by atoms with Gasteiger partial charge in [0.25, 0.3) is 5.91 Å². The van der Waals surface area contributed by atoms with Gasteiger partial charge in [0.1, 0.15) is 5.82 Å². The average Bonchev–Trinajstić information content (AvgIpc) is 2.70. The molecule has 27 heavy (non-hydrogen) atoms. The molecule has 2 aromatic carbocycles. The minimum Gasteiger partial charge on any atom is -0.355 e. The molecule has 2 atom stereocenters. The number of carbonyl (C=O) groups is 2. The zero-order valence-electron chi connectivity index (χ0n) is 15.3. The zero-order valence-corrected chi connectivity index (χ0v) is 15.3. The van der Waals surface area contributed by atoms with E-state index in [0.717, 1.165) is 25.7 Å². The van der Waals surface area contributed by atoms with Crippen LogP contribution in [0.25, 0.3) is 0 Å². The first-order chi connectivity index (χ1) is 13.1. The lowest BCUT2D eigenvalue weighted by atomic mass is 9.80. The molecule has 1 aliphatic rings. The normalized spacial score (nSPS) is 19.2. The van der Waals surface area contributed by atoms with Crippen LogP contribution in [0.3, 0.4) is 0 Å². The van der Waals surface area contributed by atoms with E-state index in [1.54, 1.807) is 0 Å². The molecule has 6 heteroatoms. The van der Waals surface area contributed by atoms with Gasteiger partial charge in [-0.15, -0.1) is 0 Å². The van der Waals surface area contributed by atoms with E-state index in [-0.39, 0.29) is 23.6 Å². The van der Waals surface area contributed by atoms with Gasteiger partial charge in [0, 0.05) is 24.7 Å². The summed E-state index contributed by atoms with van der Waals surface area (Å²) in [6.07, 6.45) is 4.17. The highest BCUT2D eigenvalue weighted by Crippen LogP contribution is 2.33. The van der Waals surface area contributed by atoms with Gasteiger partial charge in [-0.2, -0.15) is 0 Å². The van der Waals surface area contributed by atoms with E-state index < -0.39 is 11.7 Å².